The van der Waals surface area contributed by atoms with Crippen LogP contribution in [-0.4, -0.2) is 54.5 Å². The molecule has 21 heavy (non-hydrogen) atoms. The fourth-order valence-corrected chi connectivity index (χ4v) is 4.04. The van der Waals surface area contributed by atoms with Gasteiger partial charge in [-0.15, -0.1) is 11.3 Å². The molecule has 1 saturated heterocycles. The van der Waals surface area contributed by atoms with Crippen molar-refractivity contribution in [1.29, 1.82) is 0 Å². The fraction of sp³-hybridized carbons (Fsp3) is 0.733. The maximum atomic E-state index is 11.6. The van der Waals surface area contributed by atoms with Gasteiger partial charge in [-0.2, -0.15) is 0 Å². The zero-order valence-corrected chi connectivity index (χ0v) is 13.7. The summed E-state index contributed by atoms with van der Waals surface area (Å²) in [5.74, 6) is 0.684. The first-order valence-electron chi connectivity index (χ1n) is 7.65. The van der Waals surface area contributed by atoms with Crippen LogP contribution in [0.1, 0.15) is 24.3 Å². The third-order valence-electron chi connectivity index (χ3n) is 4.96. The second kappa shape index (κ2) is 5.93. The van der Waals surface area contributed by atoms with Crippen LogP contribution < -0.4 is 5.32 Å². The Morgan fingerprint density at radius 1 is 1.52 bits per heavy atom. The maximum Gasteiger partial charge on any atom is 0.316 e. The number of nitrogens with zero attached hydrogens (tertiary/aromatic N) is 3. The molecule has 2 fully saturated rings. The number of urea groups is 1. The summed E-state index contributed by atoms with van der Waals surface area (Å²) in [4.78, 5) is 20.1. The van der Waals surface area contributed by atoms with E-state index in [1.165, 1.54) is 24.3 Å². The topological polar surface area (TPSA) is 48.5 Å². The molecule has 1 aliphatic heterocycles. The minimum Gasteiger partial charge on any atom is -0.338 e. The van der Waals surface area contributed by atoms with Crippen LogP contribution in [0.15, 0.2) is 11.6 Å². The Morgan fingerprint density at radius 2 is 2.29 bits per heavy atom. The van der Waals surface area contributed by atoms with Crippen LogP contribution >= 0.6 is 11.3 Å². The number of thiazole rings is 1. The number of carbonyl (C=O) groups excluding carboxylic acids is 1. The number of amides is 2. The van der Waals surface area contributed by atoms with Gasteiger partial charge in [0, 0.05) is 32.2 Å². The van der Waals surface area contributed by atoms with Gasteiger partial charge in [-0.3, -0.25) is 4.90 Å². The lowest BCUT2D eigenvalue weighted by Crippen LogP contribution is -2.38. The Balaban J connectivity index is 1.41. The number of carbonyl (C=O) groups is 1. The molecular weight excluding hydrogens is 284 g/mol. The molecule has 0 bridgehead atoms. The fourth-order valence-electron chi connectivity index (χ4n) is 3.38. The maximum absolute atomic E-state index is 11.6. The summed E-state index contributed by atoms with van der Waals surface area (Å²) < 4.78 is 0. The molecule has 2 aliphatic rings. The second-order valence-electron chi connectivity index (χ2n) is 6.55. The molecular formula is C15H24N4OS. The molecule has 5 nitrogen and oxygen atoms in total. The first-order valence-corrected chi connectivity index (χ1v) is 8.53. The number of aromatic nitrogens is 1. The Labute approximate surface area is 130 Å². The number of piperidine rings is 1. The van der Waals surface area contributed by atoms with E-state index in [1.54, 1.807) is 30.3 Å². The lowest BCUT2D eigenvalue weighted by atomic mass is 9.91. The van der Waals surface area contributed by atoms with Crippen LogP contribution in [0.25, 0.3) is 0 Å². The van der Waals surface area contributed by atoms with Crippen molar-refractivity contribution in [1.82, 2.24) is 20.1 Å². The lowest BCUT2D eigenvalue weighted by molar-refractivity contribution is 0.155. The van der Waals surface area contributed by atoms with Gasteiger partial charge in [-0.05, 0) is 43.7 Å². The van der Waals surface area contributed by atoms with Gasteiger partial charge < -0.3 is 10.2 Å². The third-order valence-corrected chi connectivity index (χ3v) is 5.72. The number of hydrogen-bond donors (Lipinski definition) is 1. The van der Waals surface area contributed by atoms with Gasteiger partial charge >= 0.3 is 6.03 Å². The number of nitrogens with one attached hydrogen (secondary N) is 1. The number of rotatable bonds is 4. The molecule has 1 aliphatic carbocycles. The van der Waals surface area contributed by atoms with Crippen molar-refractivity contribution in [3.05, 3.63) is 16.6 Å². The van der Waals surface area contributed by atoms with Gasteiger partial charge in [-0.25, -0.2) is 9.78 Å². The van der Waals surface area contributed by atoms with E-state index in [1.807, 2.05) is 11.6 Å². The number of hydrogen-bond acceptors (Lipinski definition) is 4. The minimum absolute atomic E-state index is 0.0262. The molecule has 2 heterocycles. The summed E-state index contributed by atoms with van der Waals surface area (Å²) in [5.41, 5.74) is 0.513. The summed E-state index contributed by atoms with van der Waals surface area (Å²) in [5, 5.41) is 6.29. The first kappa shape index (κ1) is 14.8. The molecule has 0 radical (unpaired) electrons. The van der Waals surface area contributed by atoms with E-state index in [4.69, 9.17) is 0 Å². The summed E-state index contributed by atoms with van der Waals surface area (Å²) >= 11 is 1.74. The molecule has 1 saturated carbocycles. The van der Waals surface area contributed by atoms with Crippen molar-refractivity contribution in [2.75, 3.05) is 33.7 Å². The van der Waals surface area contributed by atoms with Crippen molar-refractivity contribution in [2.45, 2.75) is 25.8 Å². The van der Waals surface area contributed by atoms with E-state index in [0.717, 1.165) is 26.2 Å². The zero-order valence-electron chi connectivity index (χ0n) is 12.8. The smallest absolute Gasteiger partial charge is 0.316 e. The average molecular weight is 308 g/mol. The molecule has 2 amide bonds. The highest BCUT2D eigenvalue weighted by atomic mass is 32.1. The highest BCUT2D eigenvalue weighted by molar-refractivity contribution is 7.09. The average Bonchev–Trinajstić information content (AvgIpc) is 2.88. The highest BCUT2D eigenvalue weighted by Gasteiger charge is 2.54. The first-order chi connectivity index (χ1) is 10.1. The zero-order chi connectivity index (χ0) is 14.9. The SMILES string of the molecule is CN(C)C(=O)NCC1CC12CCN(Cc1nccs1)CC2. The van der Waals surface area contributed by atoms with Gasteiger partial charge in [0.25, 0.3) is 0 Å². The molecule has 0 aromatic carbocycles. The van der Waals surface area contributed by atoms with Crippen LogP contribution in [0.3, 0.4) is 0 Å². The summed E-state index contributed by atoms with van der Waals surface area (Å²) in [7, 11) is 3.57. The standard InChI is InChI=1S/C15H24N4OS/c1-18(2)14(20)17-10-12-9-15(12)3-6-19(7-4-15)11-13-16-5-8-21-13/h5,8,12H,3-4,6-7,9-11H2,1-2H3,(H,17,20). The molecule has 1 aromatic rings. The molecule has 6 heteroatoms. The van der Waals surface area contributed by atoms with Gasteiger partial charge in [0.1, 0.15) is 5.01 Å². The Bertz CT molecular complexity index is 480. The predicted molar refractivity (Wildman–Crippen MR) is 84.3 cm³/mol. The van der Waals surface area contributed by atoms with E-state index in [-0.39, 0.29) is 6.03 Å². The van der Waals surface area contributed by atoms with Crippen molar-refractivity contribution < 1.29 is 4.79 Å². The van der Waals surface area contributed by atoms with Crippen molar-refractivity contribution in [2.24, 2.45) is 11.3 Å². The van der Waals surface area contributed by atoms with Crippen LogP contribution in [-0.2, 0) is 6.54 Å². The Hall–Kier alpha value is -1.14. The van der Waals surface area contributed by atoms with E-state index in [0.29, 0.717) is 11.3 Å². The molecule has 1 aromatic heterocycles. The molecule has 116 valence electrons. The van der Waals surface area contributed by atoms with E-state index in [9.17, 15) is 4.79 Å². The minimum atomic E-state index is 0.0262. The van der Waals surface area contributed by atoms with Crippen molar-refractivity contribution >= 4 is 17.4 Å². The Morgan fingerprint density at radius 3 is 2.90 bits per heavy atom. The van der Waals surface area contributed by atoms with Crippen molar-refractivity contribution in [3.63, 3.8) is 0 Å². The van der Waals surface area contributed by atoms with Crippen LogP contribution in [0.5, 0.6) is 0 Å². The van der Waals surface area contributed by atoms with E-state index < -0.39 is 0 Å². The molecule has 1 spiro atoms. The molecule has 1 N–H and O–H groups in total. The monoisotopic (exact) mass is 308 g/mol. The summed E-state index contributed by atoms with van der Waals surface area (Å²) in [6.45, 7) is 4.16. The van der Waals surface area contributed by atoms with Gasteiger partial charge in [0.05, 0.1) is 6.54 Å². The third kappa shape index (κ3) is 3.37. The quantitative estimate of drug-likeness (QED) is 0.926. The van der Waals surface area contributed by atoms with Crippen LogP contribution in [0.4, 0.5) is 4.79 Å². The van der Waals surface area contributed by atoms with Crippen LogP contribution in [0, 0.1) is 11.3 Å². The van der Waals surface area contributed by atoms with E-state index in [2.05, 4.69) is 15.2 Å². The van der Waals surface area contributed by atoms with Crippen molar-refractivity contribution in [3.8, 4) is 0 Å². The second-order valence-corrected chi connectivity index (χ2v) is 7.53. The molecule has 3 rings (SSSR count). The molecule has 1 atom stereocenters. The predicted octanol–water partition coefficient (Wildman–Crippen LogP) is 2.02. The normalized spacial score (nSPS) is 24.0. The largest absolute Gasteiger partial charge is 0.338 e. The Kier molecular flexibility index (Phi) is 4.17. The van der Waals surface area contributed by atoms with Gasteiger partial charge in [0.15, 0.2) is 0 Å². The lowest BCUT2D eigenvalue weighted by Gasteiger charge is -2.32. The van der Waals surface area contributed by atoms with Gasteiger partial charge in [0.2, 0.25) is 0 Å². The van der Waals surface area contributed by atoms with Gasteiger partial charge in [-0.1, -0.05) is 0 Å². The van der Waals surface area contributed by atoms with E-state index >= 15 is 0 Å². The summed E-state index contributed by atoms with van der Waals surface area (Å²) in [6, 6.07) is 0.0262. The highest BCUT2D eigenvalue weighted by Crippen LogP contribution is 2.59. The summed E-state index contributed by atoms with van der Waals surface area (Å²) in [6.07, 6.45) is 5.70. The number of likely N-dealkylation sites (tertiary alicyclic amines) is 1. The molecule has 1 unspecified atom stereocenters. The van der Waals surface area contributed by atoms with Crippen LogP contribution in [0.2, 0.25) is 0 Å².